The molecule has 3 atom stereocenters. The number of allylic oxidation sites excluding steroid dienone is 2. The monoisotopic (exact) mass is 488 g/mol. The van der Waals surface area contributed by atoms with Crippen LogP contribution in [0.3, 0.4) is 0 Å². The molecule has 7 heteroatoms. The molecule has 2 N–H and O–H groups in total. The Morgan fingerprint density at radius 1 is 1.06 bits per heavy atom. The van der Waals surface area contributed by atoms with Gasteiger partial charge in [0.05, 0.1) is 24.3 Å². The fourth-order valence-corrected chi connectivity index (χ4v) is 5.32. The minimum absolute atomic E-state index is 0.0484. The number of carboxylic acids is 1. The van der Waals surface area contributed by atoms with E-state index >= 15 is 0 Å². The Morgan fingerprint density at radius 2 is 1.81 bits per heavy atom. The Labute approximate surface area is 211 Å². The maximum atomic E-state index is 13.0. The predicted octanol–water partition coefficient (Wildman–Crippen LogP) is 4.72. The van der Waals surface area contributed by atoms with Gasteiger partial charge in [0.2, 0.25) is 0 Å². The highest BCUT2D eigenvalue weighted by Crippen LogP contribution is 2.32. The lowest BCUT2D eigenvalue weighted by atomic mass is 9.86. The highest BCUT2D eigenvalue weighted by molar-refractivity contribution is 5.87. The van der Waals surface area contributed by atoms with E-state index < -0.39 is 5.97 Å². The van der Waals surface area contributed by atoms with Gasteiger partial charge in [0.1, 0.15) is 6.10 Å². The summed E-state index contributed by atoms with van der Waals surface area (Å²) in [5.74, 6) is -0.492. The molecule has 3 heterocycles. The lowest BCUT2D eigenvalue weighted by molar-refractivity contribution is -0.0337. The average molecular weight is 489 g/mol. The van der Waals surface area contributed by atoms with Crippen molar-refractivity contribution in [3.05, 3.63) is 95.1 Å². The van der Waals surface area contributed by atoms with Crippen LogP contribution in [0.1, 0.15) is 46.8 Å². The first kappa shape index (κ1) is 24.3. The standard InChI is InChI=1S/C29H32N2O5/c32-28(33)23-11-9-20(10-12-23)19-35-25-8-4-7-24(17-25)27(22-5-2-1-3-6-22)30-29(34)36-26-18-31-15-13-21(26)14-16-31/h1-12,21,25-27H,13-19H2,(H,30,34)(H,32,33)/t25?,26-,27-/m0/s1. The van der Waals surface area contributed by atoms with Crippen LogP contribution in [-0.2, 0) is 16.1 Å². The molecule has 3 saturated heterocycles. The number of carbonyl (C=O) groups excluding carboxylic acids is 1. The first-order valence-electron chi connectivity index (χ1n) is 12.6. The number of hydrogen-bond acceptors (Lipinski definition) is 5. The van der Waals surface area contributed by atoms with Crippen molar-refractivity contribution in [2.75, 3.05) is 19.6 Å². The van der Waals surface area contributed by atoms with Gasteiger partial charge in [-0.1, -0.05) is 60.7 Å². The molecule has 3 fully saturated rings. The number of benzene rings is 2. The number of ether oxygens (including phenoxy) is 2. The summed E-state index contributed by atoms with van der Waals surface area (Å²) in [4.78, 5) is 26.5. The van der Waals surface area contributed by atoms with Crippen molar-refractivity contribution in [2.45, 2.75) is 44.1 Å². The maximum absolute atomic E-state index is 13.0. The first-order valence-corrected chi connectivity index (χ1v) is 12.6. The van der Waals surface area contributed by atoms with Gasteiger partial charge in [-0.3, -0.25) is 4.90 Å². The number of nitrogens with zero attached hydrogens (tertiary/aromatic N) is 1. The molecule has 36 heavy (non-hydrogen) atoms. The van der Waals surface area contributed by atoms with Crippen LogP contribution in [0.15, 0.2) is 78.4 Å². The highest BCUT2D eigenvalue weighted by atomic mass is 16.6. The predicted molar refractivity (Wildman–Crippen MR) is 136 cm³/mol. The number of piperidine rings is 3. The van der Waals surface area contributed by atoms with Crippen molar-refractivity contribution in [3.63, 3.8) is 0 Å². The first-order chi connectivity index (χ1) is 17.5. The third-order valence-corrected chi connectivity index (χ3v) is 7.36. The zero-order valence-electron chi connectivity index (χ0n) is 20.2. The quantitative estimate of drug-likeness (QED) is 0.559. The topological polar surface area (TPSA) is 88.1 Å². The highest BCUT2D eigenvalue weighted by Gasteiger charge is 2.37. The number of fused-ring (bicyclic) bond motifs is 3. The van der Waals surface area contributed by atoms with Crippen LogP contribution in [0, 0.1) is 5.92 Å². The third-order valence-electron chi connectivity index (χ3n) is 7.36. The molecule has 6 rings (SSSR count). The van der Waals surface area contributed by atoms with E-state index in [0.29, 0.717) is 18.9 Å². The molecule has 0 aromatic heterocycles. The van der Waals surface area contributed by atoms with Crippen molar-refractivity contribution in [1.82, 2.24) is 10.2 Å². The summed E-state index contributed by atoms with van der Waals surface area (Å²) in [6, 6.07) is 16.3. The van der Waals surface area contributed by atoms with Gasteiger partial charge >= 0.3 is 12.1 Å². The summed E-state index contributed by atoms with van der Waals surface area (Å²) < 4.78 is 12.0. The molecular formula is C29H32N2O5. The van der Waals surface area contributed by atoms with Gasteiger partial charge in [-0.05, 0) is 60.7 Å². The molecular weight excluding hydrogens is 456 g/mol. The van der Waals surface area contributed by atoms with E-state index in [1.807, 2.05) is 48.6 Å². The van der Waals surface area contributed by atoms with Gasteiger partial charge in [-0.15, -0.1) is 0 Å². The Hall–Kier alpha value is -3.42. The van der Waals surface area contributed by atoms with Crippen LogP contribution in [0.5, 0.6) is 0 Å². The number of aromatic carboxylic acids is 1. The molecule has 0 spiro atoms. The summed E-state index contributed by atoms with van der Waals surface area (Å²) in [6.45, 7) is 3.39. The Balaban J connectivity index is 1.23. The number of alkyl carbamates (subject to hydrolysis) is 1. The van der Waals surface area contributed by atoms with Crippen LogP contribution in [0.25, 0.3) is 0 Å². The molecule has 1 unspecified atom stereocenters. The van der Waals surface area contributed by atoms with Crippen molar-refractivity contribution in [2.24, 2.45) is 5.92 Å². The second-order valence-corrected chi connectivity index (χ2v) is 9.75. The molecule has 2 bridgehead atoms. The molecule has 188 valence electrons. The summed E-state index contributed by atoms with van der Waals surface area (Å²) in [7, 11) is 0. The molecule has 1 aliphatic carbocycles. The lowest BCUT2D eigenvalue weighted by Gasteiger charge is -2.44. The zero-order valence-corrected chi connectivity index (χ0v) is 20.2. The number of rotatable bonds is 8. The van der Waals surface area contributed by atoms with Crippen molar-refractivity contribution in [1.29, 1.82) is 0 Å². The third kappa shape index (κ3) is 5.86. The van der Waals surface area contributed by atoms with E-state index in [4.69, 9.17) is 14.6 Å². The second-order valence-electron chi connectivity index (χ2n) is 9.75. The minimum Gasteiger partial charge on any atom is -0.478 e. The lowest BCUT2D eigenvalue weighted by Crippen LogP contribution is -2.52. The SMILES string of the molecule is O=C(N[C@H](C1=CC=CC(OCc2ccc(C(=O)O)cc2)C1)c1ccccc1)O[C@H]1CN2CCC1CC2. The molecule has 0 saturated carbocycles. The van der Waals surface area contributed by atoms with E-state index in [9.17, 15) is 9.59 Å². The molecule has 7 nitrogen and oxygen atoms in total. The van der Waals surface area contributed by atoms with E-state index in [2.05, 4.69) is 10.2 Å². The van der Waals surface area contributed by atoms with Gasteiger partial charge in [-0.2, -0.15) is 0 Å². The van der Waals surface area contributed by atoms with Gasteiger partial charge in [0.15, 0.2) is 0 Å². The van der Waals surface area contributed by atoms with Gasteiger partial charge in [-0.25, -0.2) is 9.59 Å². The molecule has 3 aliphatic heterocycles. The number of nitrogens with one attached hydrogen (secondary N) is 1. The molecule has 2 aromatic rings. The van der Waals surface area contributed by atoms with Crippen LogP contribution in [-0.4, -0.2) is 53.9 Å². The summed E-state index contributed by atoms with van der Waals surface area (Å²) in [6.07, 6.45) is 8.23. The second kappa shape index (κ2) is 11.1. The van der Waals surface area contributed by atoms with Crippen molar-refractivity contribution in [3.8, 4) is 0 Å². The zero-order chi connectivity index (χ0) is 24.9. The largest absolute Gasteiger partial charge is 0.478 e. The van der Waals surface area contributed by atoms with E-state index in [1.165, 1.54) is 0 Å². The number of amides is 1. The summed E-state index contributed by atoms with van der Waals surface area (Å²) >= 11 is 0. The Morgan fingerprint density at radius 3 is 2.47 bits per heavy atom. The van der Waals surface area contributed by atoms with Crippen LogP contribution in [0.2, 0.25) is 0 Å². The van der Waals surface area contributed by atoms with Crippen LogP contribution < -0.4 is 5.32 Å². The smallest absolute Gasteiger partial charge is 0.408 e. The fourth-order valence-electron chi connectivity index (χ4n) is 5.32. The van der Waals surface area contributed by atoms with E-state index in [0.717, 1.165) is 49.2 Å². The average Bonchev–Trinajstić information content (AvgIpc) is 2.92. The minimum atomic E-state index is -0.945. The van der Waals surface area contributed by atoms with Crippen LogP contribution in [0.4, 0.5) is 4.79 Å². The van der Waals surface area contributed by atoms with E-state index in [1.54, 1.807) is 24.3 Å². The van der Waals surface area contributed by atoms with Crippen molar-refractivity contribution >= 4 is 12.1 Å². The Bertz CT molecular complexity index is 1120. The van der Waals surface area contributed by atoms with Crippen molar-refractivity contribution < 1.29 is 24.2 Å². The van der Waals surface area contributed by atoms with Gasteiger partial charge in [0, 0.05) is 13.0 Å². The normalized spacial score (nSPS) is 25.6. The molecule has 2 aromatic carbocycles. The number of hydrogen-bond donors (Lipinski definition) is 2. The molecule has 0 radical (unpaired) electrons. The maximum Gasteiger partial charge on any atom is 0.408 e. The fraction of sp³-hybridized carbons (Fsp3) is 0.379. The molecule has 4 aliphatic rings. The van der Waals surface area contributed by atoms with Crippen LogP contribution >= 0.6 is 0 Å². The Kier molecular flexibility index (Phi) is 7.49. The molecule has 1 amide bonds. The van der Waals surface area contributed by atoms with E-state index in [-0.39, 0.29) is 29.9 Å². The number of carboxylic acid groups (broad SMARTS) is 1. The van der Waals surface area contributed by atoms with Gasteiger partial charge < -0.3 is 19.9 Å². The summed E-state index contributed by atoms with van der Waals surface area (Å²) in [5, 5.41) is 12.2. The number of carbonyl (C=O) groups is 2. The summed E-state index contributed by atoms with van der Waals surface area (Å²) in [5.41, 5.74) is 3.19. The van der Waals surface area contributed by atoms with Gasteiger partial charge in [0.25, 0.3) is 0 Å².